The quantitative estimate of drug-likeness (QED) is 0.568. The molecule has 1 saturated heterocycles. The van der Waals surface area contributed by atoms with Crippen LogP contribution in [0.15, 0.2) is 30.3 Å². The van der Waals surface area contributed by atoms with Crippen LogP contribution in [0.4, 0.5) is 5.95 Å². The van der Waals surface area contributed by atoms with Crippen molar-refractivity contribution in [2.75, 3.05) is 18.0 Å². The zero-order valence-electron chi connectivity index (χ0n) is 14.5. The van der Waals surface area contributed by atoms with Crippen LogP contribution in [0.3, 0.4) is 0 Å². The van der Waals surface area contributed by atoms with Crippen LogP contribution in [0, 0.1) is 0 Å². The average molecular weight is 445 g/mol. The molecule has 1 aliphatic rings. The maximum Gasteiger partial charge on any atom is 0.205 e. The van der Waals surface area contributed by atoms with E-state index >= 15 is 0 Å². The van der Waals surface area contributed by atoms with Crippen LogP contribution in [0.1, 0.15) is 18.4 Å². The maximum absolute atomic E-state index is 6.08. The maximum atomic E-state index is 6.08. The molecule has 27 heavy (non-hydrogen) atoms. The summed E-state index contributed by atoms with van der Waals surface area (Å²) in [7, 11) is 0. The molecule has 0 saturated carbocycles. The minimum Gasteiger partial charge on any atom is -0.341 e. The Balaban J connectivity index is 0.00000210. The lowest BCUT2D eigenvalue weighted by Crippen LogP contribution is -2.45. The highest BCUT2D eigenvalue weighted by atomic mass is 35.5. The molecule has 4 rings (SSSR count). The van der Waals surface area contributed by atoms with Crippen LogP contribution in [0.2, 0.25) is 15.2 Å². The van der Waals surface area contributed by atoms with Gasteiger partial charge in [-0.1, -0.05) is 34.8 Å². The van der Waals surface area contributed by atoms with Gasteiger partial charge in [-0.15, -0.1) is 0 Å². The molecule has 144 valence electrons. The van der Waals surface area contributed by atoms with Crippen LogP contribution in [0.5, 0.6) is 0 Å². The molecule has 0 amide bonds. The van der Waals surface area contributed by atoms with E-state index < -0.39 is 0 Å². The van der Waals surface area contributed by atoms with Gasteiger partial charge in [-0.25, -0.2) is 4.98 Å². The summed E-state index contributed by atoms with van der Waals surface area (Å²) in [6.45, 7) is 2.58. The first kappa shape index (κ1) is 20.6. The van der Waals surface area contributed by atoms with Gasteiger partial charge in [0.25, 0.3) is 0 Å². The fourth-order valence-corrected chi connectivity index (χ4v) is 4.03. The molecule has 0 spiro atoms. The predicted molar refractivity (Wildman–Crippen MR) is 118 cm³/mol. The minimum atomic E-state index is 0. The number of imidazole rings is 1. The molecule has 0 unspecified atom stereocenters. The molecule has 0 radical (unpaired) electrons. The minimum absolute atomic E-state index is 0. The molecule has 0 aliphatic carbocycles. The normalized spacial score (nSPS) is 17.1. The molecule has 3 aromatic rings. The summed E-state index contributed by atoms with van der Waals surface area (Å²) >= 11 is 18.1. The molecule has 1 aliphatic heterocycles. The van der Waals surface area contributed by atoms with Crippen LogP contribution in [-0.2, 0) is 6.54 Å². The Morgan fingerprint density at radius 1 is 1.11 bits per heavy atom. The monoisotopic (exact) mass is 443 g/mol. The number of benzene rings is 1. The lowest BCUT2D eigenvalue weighted by atomic mass is 10.1. The van der Waals surface area contributed by atoms with Gasteiger partial charge < -0.3 is 15.2 Å². The van der Waals surface area contributed by atoms with Gasteiger partial charge in [-0.3, -0.25) is 0 Å². The van der Waals surface area contributed by atoms with E-state index in [1.54, 1.807) is 12.1 Å². The Morgan fingerprint density at radius 2 is 1.89 bits per heavy atom. The molecule has 3 heterocycles. The third kappa shape index (κ3) is 5.00. The van der Waals surface area contributed by atoms with Gasteiger partial charge in [0.1, 0.15) is 5.15 Å². The fourth-order valence-electron chi connectivity index (χ4n) is 3.32. The summed E-state index contributed by atoms with van der Waals surface area (Å²) in [4.78, 5) is 14.4. The largest absolute Gasteiger partial charge is 0.341 e. The second-order valence-electron chi connectivity index (χ2n) is 6.51. The third-order valence-electron chi connectivity index (χ3n) is 4.54. The highest BCUT2D eigenvalue weighted by molar-refractivity contribution is 7.59. The van der Waals surface area contributed by atoms with E-state index in [0.29, 0.717) is 26.9 Å². The van der Waals surface area contributed by atoms with Crippen molar-refractivity contribution in [3.05, 3.63) is 51.1 Å². The lowest BCUT2D eigenvalue weighted by molar-refractivity contribution is 0.419. The van der Waals surface area contributed by atoms with E-state index in [2.05, 4.69) is 25.2 Å². The summed E-state index contributed by atoms with van der Waals surface area (Å²) in [6, 6.07) is 9.67. The Labute approximate surface area is 179 Å². The first-order valence-electron chi connectivity index (χ1n) is 8.52. The molecular weight excluding hydrogens is 425 g/mol. The second-order valence-corrected chi connectivity index (χ2v) is 7.77. The van der Waals surface area contributed by atoms with E-state index in [0.717, 1.165) is 49.5 Å². The summed E-state index contributed by atoms with van der Waals surface area (Å²) in [5.41, 5.74) is 2.63. The van der Waals surface area contributed by atoms with Crippen molar-refractivity contribution in [1.29, 1.82) is 0 Å². The number of hydrogen-bond acceptors (Lipinski definition) is 4. The van der Waals surface area contributed by atoms with Gasteiger partial charge in [0, 0.05) is 35.7 Å². The molecule has 1 aromatic carbocycles. The number of aromatic nitrogens is 3. The second kappa shape index (κ2) is 8.88. The summed E-state index contributed by atoms with van der Waals surface area (Å²) in [5, 5.41) is 5.37. The number of hydrogen-bond donors (Lipinski definition) is 2. The van der Waals surface area contributed by atoms with E-state index in [9.17, 15) is 0 Å². The van der Waals surface area contributed by atoms with Crippen LogP contribution in [0.25, 0.3) is 11.2 Å². The van der Waals surface area contributed by atoms with Crippen molar-refractivity contribution in [2.45, 2.75) is 25.4 Å². The topological polar surface area (TPSA) is 56.8 Å². The molecule has 2 aromatic heterocycles. The lowest BCUT2D eigenvalue weighted by Gasteiger charge is -2.33. The van der Waals surface area contributed by atoms with E-state index in [1.165, 1.54) is 0 Å². The number of piperidine rings is 1. The van der Waals surface area contributed by atoms with Gasteiger partial charge in [0.2, 0.25) is 5.95 Å². The predicted octanol–water partition coefficient (Wildman–Crippen LogP) is 4.79. The van der Waals surface area contributed by atoms with Gasteiger partial charge in [0.05, 0.1) is 5.52 Å². The van der Waals surface area contributed by atoms with E-state index in [-0.39, 0.29) is 13.5 Å². The average Bonchev–Trinajstić information content (AvgIpc) is 3.03. The van der Waals surface area contributed by atoms with Gasteiger partial charge in [-0.2, -0.15) is 18.5 Å². The Hall–Kier alpha value is -1.18. The number of aromatic amines is 1. The first-order chi connectivity index (χ1) is 12.6. The van der Waals surface area contributed by atoms with Crippen molar-refractivity contribution >= 4 is 65.4 Å². The van der Waals surface area contributed by atoms with Gasteiger partial charge >= 0.3 is 0 Å². The van der Waals surface area contributed by atoms with E-state index in [1.807, 2.05) is 18.2 Å². The molecule has 2 N–H and O–H groups in total. The summed E-state index contributed by atoms with van der Waals surface area (Å²) < 4.78 is 0. The summed E-state index contributed by atoms with van der Waals surface area (Å²) in [6.07, 6.45) is 2.22. The van der Waals surface area contributed by atoms with Crippen molar-refractivity contribution in [3.8, 4) is 0 Å². The van der Waals surface area contributed by atoms with Gasteiger partial charge in [0.15, 0.2) is 5.65 Å². The van der Waals surface area contributed by atoms with Crippen molar-refractivity contribution in [2.24, 2.45) is 0 Å². The SMILES string of the molecule is Clc1cc(Cl)cc(CN[C@H]2CCCN(c3nc4nc(Cl)ccc4[nH]3)C2)c1.S. The highest BCUT2D eigenvalue weighted by Crippen LogP contribution is 2.22. The molecule has 5 nitrogen and oxygen atoms in total. The number of rotatable bonds is 4. The highest BCUT2D eigenvalue weighted by Gasteiger charge is 2.22. The zero-order chi connectivity index (χ0) is 18.1. The number of fused-ring (bicyclic) bond motifs is 1. The number of halogens is 3. The Kier molecular flexibility index (Phi) is 6.76. The summed E-state index contributed by atoms with van der Waals surface area (Å²) in [5.74, 6) is 0.840. The molecular formula is C18H20Cl3N5S. The molecule has 1 atom stereocenters. The van der Waals surface area contributed by atoms with Crippen molar-refractivity contribution in [3.63, 3.8) is 0 Å². The van der Waals surface area contributed by atoms with Gasteiger partial charge in [-0.05, 0) is 48.7 Å². The van der Waals surface area contributed by atoms with Crippen LogP contribution >= 0.6 is 48.3 Å². The standard InChI is InChI=1S/C18H18Cl3N5.H2S/c19-12-6-11(7-13(20)8-12)9-22-14-2-1-5-26(10-14)18-23-15-3-4-16(21)24-17(15)25-18;/h3-4,6-8,14,22H,1-2,5,9-10H2,(H,23,24,25);1H2/t14-;/m0./s1. The smallest absolute Gasteiger partial charge is 0.205 e. The fraction of sp³-hybridized carbons (Fsp3) is 0.333. The van der Waals surface area contributed by atoms with Crippen LogP contribution in [-0.4, -0.2) is 34.1 Å². The van der Waals surface area contributed by atoms with E-state index in [4.69, 9.17) is 34.8 Å². The number of nitrogens with zero attached hydrogens (tertiary/aromatic N) is 3. The molecule has 0 bridgehead atoms. The Bertz CT molecular complexity index is 912. The third-order valence-corrected chi connectivity index (χ3v) is 5.18. The van der Waals surface area contributed by atoms with Crippen molar-refractivity contribution in [1.82, 2.24) is 20.3 Å². The first-order valence-corrected chi connectivity index (χ1v) is 9.66. The molecule has 9 heteroatoms. The number of anilines is 1. The number of nitrogens with one attached hydrogen (secondary N) is 2. The Morgan fingerprint density at radius 3 is 2.67 bits per heavy atom. The number of pyridine rings is 1. The van der Waals surface area contributed by atoms with Crippen molar-refractivity contribution < 1.29 is 0 Å². The zero-order valence-corrected chi connectivity index (χ0v) is 17.7. The van der Waals surface area contributed by atoms with Crippen LogP contribution < -0.4 is 10.2 Å². The molecule has 1 fully saturated rings. The number of H-pyrrole nitrogens is 1.